The topological polar surface area (TPSA) is 64.3 Å². The van der Waals surface area contributed by atoms with Crippen LogP contribution >= 0.6 is 28.3 Å². The van der Waals surface area contributed by atoms with Crippen LogP contribution in [0, 0.1) is 5.82 Å². The van der Waals surface area contributed by atoms with Crippen molar-refractivity contribution >= 4 is 39.9 Å². The quantitative estimate of drug-likeness (QED) is 0.888. The Kier molecular flexibility index (Phi) is 7.29. The molecule has 17 heavy (non-hydrogen) atoms. The Hall–Kier alpha value is -0.690. The molecule has 0 aliphatic rings. The average Bonchev–Trinajstić information content (AvgIpc) is 2.25. The lowest BCUT2D eigenvalue weighted by Crippen LogP contribution is -2.36. The van der Waals surface area contributed by atoms with E-state index in [0.717, 1.165) is 0 Å². The highest BCUT2D eigenvalue weighted by Gasteiger charge is 2.17. The molecule has 0 radical (unpaired) electrons. The SMILES string of the molecule is COC(CN)C(=O)Nc1cc(Br)ccc1F.Cl. The zero-order chi connectivity index (χ0) is 12.1. The molecule has 0 aromatic heterocycles. The molecule has 0 fully saturated rings. The van der Waals surface area contributed by atoms with Crippen LogP contribution in [0.2, 0.25) is 0 Å². The van der Waals surface area contributed by atoms with Crippen LogP contribution in [0.4, 0.5) is 10.1 Å². The molecule has 0 saturated heterocycles. The number of ether oxygens (including phenoxy) is 1. The van der Waals surface area contributed by atoms with E-state index in [2.05, 4.69) is 21.2 Å². The van der Waals surface area contributed by atoms with Crippen LogP contribution in [-0.4, -0.2) is 25.7 Å². The Balaban J connectivity index is 0.00000256. The minimum Gasteiger partial charge on any atom is -0.370 e. The van der Waals surface area contributed by atoms with Crippen molar-refractivity contribution in [3.63, 3.8) is 0 Å². The molecule has 7 heteroatoms. The number of carbonyl (C=O) groups excluding carboxylic acids is 1. The van der Waals surface area contributed by atoms with E-state index in [4.69, 9.17) is 10.5 Å². The normalized spacial score (nSPS) is 11.5. The minimum absolute atomic E-state index is 0. The van der Waals surface area contributed by atoms with Gasteiger partial charge in [0.05, 0.1) is 5.69 Å². The van der Waals surface area contributed by atoms with Gasteiger partial charge < -0.3 is 15.8 Å². The molecular weight excluding hydrogens is 314 g/mol. The van der Waals surface area contributed by atoms with E-state index < -0.39 is 17.8 Å². The molecule has 0 bridgehead atoms. The average molecular weight is 328 g/mol. The van der Waals surface area contributed by atoms with Crippen molar-refractivity contribution in [2.24, 2.45) is 5.73 Å². The Labute approximate surface area is 113 Å². The van der Waals surface area contributed by atoms with Crippen LogP contribution < -0.4 is 11.1 Å². The summed E-state index contributed by atoms with van der Waals surface area (Å²) < 4.78 is 18.8. The lowest BCUT2D eigenvalue weighted by atomic mass is 10.2. The third-order valence-electron chi connectivity index (χ3n) is 1.98. The molecule has 0 spiro atoms. The number of rotatable bonds is 4. The molecule has 1 atom stereocenters. The summed E-state index contributed by atoms with van der Waals surface area (Å²) in [6.07, 6.45) is -0.779. The van der Waals surface area contributed by atoms with Crippen LogP contribution in [0.5, 0.6) is 0 Å². The molecule has 0 saturated carbocycles. The van der Waals surface area contributed by atoms with Crippen LogP contribution in [0.1, 0.15) is 0 Å². The Morgan fingerprint density at radius 3 is 2.82 bits per heavy atom. The molecule has 96 valence electrons. The van der Waals surface area contributed by atoms with Crippen LogP contribution in [0.3, 0.4) is 0 Å². The van der Waals surface area contributed by atoms with Gasteiger partial charge in [-0.3, -0.25) is 4.79 Å². The highest BCUT2D eigenvalue weighted by atomic mass is 79.9. The number of nitrogens with two attached hydrogens (primary N) is 1. The highest BCUT2D eigenvalue weighted by molar-refractivity contribution is 9.10. The number of amides is 1. The maximum atomic E-state index is 13.3. The lowest BCUT2D eigenvalue weighted by molar-refractivity contribution is -0.125. The van der Waals surface area contributed by atoms with Crippen molar-refractivity contribution in [2.45, 2.75) is 6.10 Å². The fraction of sp³-hybridized carbons (Fsp3) is 0.300. The molecule has 3 N–H and O–H groups in total. The van der Waals surface area contributed by atoms with E-state index in [1.807, 2.05) is 0 Å². The van der Waals surface area contributed by atoms with Gasteiger partial charge in [0, 0.05) is 18.1 Å². The molecular formula is C10H13BrClFN2O2. The number of halogens is 3. The number of hydrogen-bond donors (Lipinski definition) is 2. The fourth-order valence-electron chi connectivity index (χ4n) is 1.12. The predicted octanol–water partition coefficient (Wildman–Crippen LogP) is 1.92. The first-order valence-corrected chi connectivity index (χ1v) is 5.36. The van der Waals surface area contributed by atoms with Gasteiger partial charge in [-0.1, -0.05) is 15.9 Å². The Bertz CT molecular complexity index is 389. The molecule has 0 aliphatic carbocycles. The van der Waals surface area contributed by atoms with Gasteiger partial charge in [-0.05, 0) is 18.2 Å². The zero-order valence-corrected chi connectivity index (χ0v) is 11.5. The first-order chi connectivity index (χ1) is 7.58. The second kappa shape index (κ2) is 7.60. The minimum atomic E-state index is -0.779. The summed E-state index contributed by atoms with van der Waals surface area (Å²) in [5.74, 6) is -0.981. The van der Waals surface area contributed by atoms with E-state index in [9.17, 15) is 9.18 Å². The monoisotopic (exact) mass is 326 g/mol. The van der Waals surface area contributed by atoms with Crippen LogP contribution in [0.25, 0.3) is 0 Å². The van der Waals surface area contributed by atoms with Crippen molar-refractivity contribution < 1.29 is 13.9 Å². The summed E-state index contributed by atoms with van der Waals surface area (Å²) in [5, 5.41) is 2.40. The first-order valence-electron chi connectivity index (χ1n) is 4.57. The van der Waals surface area contributed by atoms with Gasteiger partial charge >= 0.3 is 0 Å². The summed E-state index contributed by atoms with van der Waals surface area (Å²) in [6.45, 7) is 0.0396. The number of hydrogen-bond acceptors (Lipinski definition) is 3. The zero-order valence-electron chi connectivity index (χ0n) is 9.07. The first kappa shape index (κ1) is 16.3. The third-order valence-corrected chi connectivity index (χ3v) is 2.47. The van der Waals surface area contributed by atoms with Crippen molar-refractivity contribution in [2.75, 3.05) is 19.0 Å². The molecule has 1 unspecified atom stereocenters. The van der Waals surface area contributed by atoms with E-state index in [1.165, 1.54) is 19.2 Å². The van der Waals surface area contributed by atoms with Crippen molar-refractivity contribution in [3.8, 4) is 0 Å². The summed E-state index contributed by atoms with van der Waals surface area (Å²) in [7, 11) is 1.37. The fourth-order valence-corrected chi connectivity index (χ4v) is 1.48. The molecule has 4 nitrogen and oxygen atoms in total. The lowest BCUT2D eigenvalue weighted by Gasteiger charge is -2.13. The summed E-state index contributed by atoms with van der Waals surface area (Å²) in [5.41, 5.74) is 5.41. The van der Waals surface area contributed by atoms with Gasteiger partial charge in [-0.25, -0.2) is 4.39 Å². The predicted molar refractivity (Wildman–Crippen MR) is 69.8 cm³/mol. The Morgan fingerprint density at radius 1 is 1.65 bits per heavy atom. The maximum Gasteiger partial charge on any atom is 0.254 e. The molecule has 1 aromatic carbocycles. The van der Waals surface area contributed by atoms with Crippen molar-refractivity contribution in [3.05, 3.63) is 28.5 Å². The summed E-state index contributed by atoms with van der Waals surface area (Å²) in [6, 6.07) is 4.27. The smallest absolute Gasteiger partial charge is 0.254 e. The van der Waals surface area contributed by atoms with Gasteiger partial charge in [0.2, 0.25) is 0 Å². The van der Waals surface area contributed by atoms with Crippen molar-refractivity contribution in [1.29, 1.82) is 0 Å². The number of nitrogens with one attached hydrogen (secondary N) is 1. The van der Waals surface area contributed by atoms with Crippen LogP contribution in [0.15, 0.2) is 22.7 Å². The van der Waals surface area contributed by atoms with Gasteiger partial charge in [0.25, 0.3) is 5.91 Å². The number of anilines is 1. The van der Waals surface area contributed by atoms with Gasteiger partial charge in [-0.2, -0.15) is 0 Å². The largest absolute Gasteiger partial charge is 0.370 e. The molecule has 0 heterocycles. The number of methoxy groups -OCH3 is 1. The number of carbonyl (C=O) groups is 1. The van der Waals surface area contributed by atoms with E-state index >= 15 is 0 Å². The van der Waals surface area contributed by atoms with E-state index in [0.29, 0.717) is 4.47 Å². The third kappa shape index (κ3) is 4.59. The van der Waals surface area contributed by atoms with Gasteiger partial charge in [0.1, 0.15) is 11.9 Å². The Morgan fingerprint density at radius 2 is 2.29 bits per heavy atom. The summed E-state index contributed by atoms with van der Waals surface area (Å²) in [4.78, 5) is 11.5. The van der Waals surface area contributed by atoms with E-state index in [-0.39, 0.29) is 24.6 Å². The van der Waals surface area contributed by atoms with Gasteiger partial charge in [-0.15, -0.1) is 12.4 Å². The molecule has 1 rings (SSSR count). The molecule has 1 aromatic rings. The van der Waals surface area contributed by atoms with Gasteiger partial charge in [0.15, 0.2) is 0 Å². The standard InChI is InChI=1S/C10H12BrFN2O2.ClH/c1-16-9(5-13)10(15)14-8-4-6(11)2-3-7(8)12;/h2-4,9H,5,13H2,1H3,(H,14,15);1H. The number of benzene rings is 1. The summed E-state index contributed by atoms with van der Waals surface area (Å²) >= 11 is 3.18. The maximum absolute atomic E-state index is 13.3. The highest BCUT2D eigenvalue weighted by Crippen LogP contribution is 2.20. The second-order valence-electron chi connectivity index (χ2n) is 3.07. The van der Waals surface area contributed by atoms with E-state index in [1.54, 1.807) is 6.07 Å². The van der Waals surface area contributed by atoms with Crippen LogP contribution in [-0.2, 0) is 9.53 Å². The molecule has 1 amide bonds. The van der Waals surface area contributed by atoms with Crippen molar-refractivity contribution in [1.82, 2.24) is 0 Å². The molecule has 0 aliphatic heterocycles. The second-order valence-corrected chi connectivity index (χ2v) is 3.99.